The van der Waals surface area contributed by atoms with Crippen molar-refractivity contribution in [3.63, 3.8) is 0 Å². The molecule has 0 spiro atoms. The lowest BCUT2D eigenvalue weighted by Gasteiger charge is -2.32. The van der Waals surface area contributed by atoms with Gasteiger partial charge in [0.25, 0.3) is 0 Å². The molecule has 3 atom stereocenters. The van der Waals surface area contributed by atoms with Crippen molar-refractivity contribution in [2.75, 3.05) is 27.4 Å². The van der Waals surface area contributed by atoms with E-state index in [0.717, 1.165) is 26.0 Å². The Hall–Kier alpha value is -0.900. The molecule has 0 aliphatic rings. The molecule has 0 amide bonds. The molecular weight excluding hydrogens is 250 g/mol. The summed E-state index contributed by atoms with van der Waals surface area (Å²) in [6.45, 7) is 6.25. The molecule has 0 radical (unpaired) electrons. The highest BCUT2D eigenvalue weighted by Crippen LogP contribution is 2.26. The van der Waals surface area contributed by atoms with E-state index in [2.05, 4.69) is 43.4 Å². The van der Waals surface area contributed by atoms with Gasteiger partial charge in [0.15, 0.2) is 0 Å². The Morgan fingerprint density at radius 2 is 1.85 bits per heavy atom. The predicted octanol–water partition coefficient (Wildman–Crippen LogP) is 3.41. The lowest BCUT2D eigenvalue weighted by atomic mass is 9.90. The molecular formula is C17H29NO2. The van der Waals surface area contributed by atoms with Gasteiger partial charge in [-0.15, -0.1) is 0 Å². The zero-order valence-corrected chi connectivity index (χ0v) is 13.3. The highest BCUT2D eigenvalue weighted by atomic mass is 16.5. The summed E-state index contributed by atoms with van der Waals surface area (Å²) in [6, 6.07) is 10.8. The van der Waals surface area contributed by atoms with Crippen LogP contribution in [0, 0.1) is 5.92 Å². The standard InChI is InChI=1S/C17H29NO2/c1-5-12-18-16(14(2)11-13-19-3)17(20-4)15-9-7-6-8-10-15/h6-10,14,16-18H,5,11-13H2,1-4H3. The molecule has 0 saturated heterocycles. The second-order valence-corrected chi connectivity index (χ2v) is 5.31. The fourth-order valence-electron chi connectivity index (χ4n) is 2.53. The molecule has 1 rings (SSSR count). The third-order valence-corrected chi connectivity index (χ3v) is 3.73. The Morgan fingerprint density at radius 1 is 1.15 bits per heavy atom. The van der Waals surface area contributed by atoms with Gasteiger partial charge in [-0.25, -0.2) is 0 Å². The zero-order valence-electron chi connectivity index (χ0n) is 13.3. The number of methoxy groups -OCH3 is 2. The van der Waals surface area contributed by atoms with Gasteiger partial charge in [-0.3, -0.25) is 0 Å². The first kappa shape index (κ1) is 17.2. The molecule has 1 N–H and O–H groups in total. The fraction of sp³-hybridized carbons (Fsp3) is 0.647. The van der Waals surface area contributed by atoms with Gasteiger partial charge >= 0.3 is 0 Å². The van der Waals surface area contributed by atoms with E-state index in [1.165, 1.54) is 5.56 Å². The van der Waals surface area contributed by atoms with E-state index in [0.29, 0.717) is 12.0 Å². The molecule has 0 heterocycles. The van der Waals surface area contributed by atoms with Crippen LogP contribution in [0.15, 0.2) is 30.3 Å². The monoisotopic (exact) mass is 279 g/mol. The van der Waals surface area contributed by atoms with E-state index in [9.17, 15) is 0 Å². The van der Waals surface area contributed by atoms with Crippen LogP contribution in [0.4, 0.5) is 0 Å². The van der Waals surface area contributed by atoms with E-state index in [1.54, 1.807) is 14.2 Å². The van der Waals surface area contributed by atoms with Crippen molar-refractivity contribution in [2.24, 2.45) is 5.92 Å². The number of hydrogen-bond donors (Lipinski definition) is 1. The average molecular weight is 279 g/mol. The Kier molecular flexibility index (Phi) is 8.51. The van der Waals surface area contributed by atoms with Crippen LogP contribution in [0.25, 0.3) is 0 Å². The molecule has 20 heavy (non-hydrogen) atoms. The first-order chi connectivity index (χ1) is 9.74. The van der Waals surface area contributed by atoms with Gasteiger partial charge in [0.05, 0.1) is 6.10 Å². The van der Waals surface area contributed by atoms with Gasteiger partial charge in [-0.05, 0) is 30.9 Å². The molecule has 0 aliphatic carbocycles. The first-order valence-electron chi connectivity index (χ1n) is 7.54. The number of nitrogens with one attached hydrogen (secondary N) is 1. The van der Waals surface area contributed by atoms with Crippen LogP contribution in [0.5, 0.6) is 0 Å². The summed E-state index contributed by atoms with van der Waals surface area (Å²) in [4.78, 5) is 0. The summed E-state index contributed by atoms with van der Waals surface area (Å²) < 4.78 is 11.0. The molecule has 0 saturated carbocycles. The van der Waals surface area contributed by atoms with Crippen molar-refractivity contribution < 1.29 is 9.47 Å². The average Bonchev–Trinajstić information content (AvgIpc) is 2.50. The highest BCUT2D eigenvalue weighted by molar-refractivity contribution is 5.19. The Labute approximate surface area is 123 Å². The molecule has 0 aromatic heterocycles. The highest BCUT2D eigenvalue weighted by Gasteiger charge is 2.27. The summed E-state index contributed by atoms with van der Waals surface area (Å²) in [5.41, 5.74) is 1.23. The van der Waals surface area contributed by atoms with E-state index in [-0.39, 0.29) is 6.10 Å². The normalized spacial score (nSPS) is 15.8. The summed E-state index contributed by atoms with van der Waals surface area (Å²) >= 11 is 0. The maximum Gasteiger partial charge on any atom is 0.0976 e. The third-order valence-electron chi connectivity index (χ3n) is 3.73. The first-order valence-corrected chi connectivity index (χ1v) is 7.54. The molecule has 1 aromatic rings. The lowest BCUT2D eigenvalue weighted by Crippen LogP contribution is -2.41. The lowest BCUT2D eigenvalue weighted by molar-refractivity contribution is 0.0422. The Balaban J connectivity index is 2.82. The molecule has 3 nitrogen and oxygen atoms in total. The van der Waals surface area contributed by atoms with Crippen LogP contribution >= 0.6 is 0 Å². The van der Waals surface area contributed by atoms with E-state index in [4.69, 9.17) is 9.47 Å². The van der Waals surface area contributed by atoms with E-state index >= 15 is 0 Å². The molecule has 1 aromatic carbocycles. The van der Waals surface area contributed by atoms with Crippen molar-refractivity contribution in [1.29, 1.82) is 0 Å². The minimum absolute atomic E-state index is 0.0783. The van der Waals surface area contributed by atoms with Crippen LogP contribution in [0.2, 0.25) is 0 Å². The summed E-state index contributed by atoms with van der Waals surface area (Å²) in [6.07, 6.45) is 2.23. The number of benzene rings is 1. The second-order valence-electron chi connectivity index (χ2n) is 5.31. The van der Waals surface area contributed by atoms with Crippen molar-refractivity contribution >= 4 is 0 Å². The molecule has 0 aliphatic heterocycles. The zero-order chi connectivity index (χ0) is 14.8. The van der Waals surface area contributed by atoms with Crippen LogP contribution in [0.3, 0.4) is 0 Å². The van der Waals surface area contributed by atoms with E-state index < -0.39 is 0 Å². The second kappa shape index (κ2) is 9.92. The molecule has 3 heteroatoms. The number of hydrogen-bond acceptors (Lipinski definition) is 3. The molecule has 0 fully saturated rings. The summed E-state index contributed by atoms with van der Waals surface area (Å²) in [7, 11) is 3.55. The number of rotatable bonds is 10. The predicted molar refractivity (Wildman–Crippen MR) is 83.9 cm³/mol. The van der Waals surface area contributed by atoms with Gasteiger partial charge < -0.3 is 14.8 Å². The maximum atomic E-state index is 5.79. The molecule has 0 bridgehead atoms. The summed E-state index contributed by atoms with van der Waals surface area (Å²) in [5, 5.41) is 3.65. The minimum Gasteiger partial charge on any atom is -0.385 e. The van der Waals surface area contributed by atoms with Crippen LogP contribution in [-0.4, -0.2) is 33.4 Å². The quantitative estimate of drug-likeness (QED) is 0.712. The van der Waals surface area contributed by atoms with Gasteiger partial charge in [-0.1, -0.05) is 44.2 Å². The summed E-state index contributed by atoms with van der Waals surface area (Å²) in [5.74, 6) is 0.492. The van der Waals surface area contributed by atoms with Crippen molar-refractivity contribution in [1.82, 2.24) is 5.32 Å². The Bertz CT molecular complexity index is 342. The van der Waals surface area contributed by atoms with Crippen molar-refractivity contribution in [3.05, 3.63) is 35.9 Å². The van der Waals surface area contributed by atoms with Gasteiger partial charge in [0, 0.05) is 26.9 Å². The van der Waals surface area contributed by atoms with Crippen molar-refractivity contribution in [3.8, 4) is 0 Å². The van der Waals surface area contributed by atoms with Crippen LogP contribution in [0.1, 0.15) is 38.4 Å². The van der Waals surface area contributed by atoms with Crippen LogP contribution in [-0.2, 0) is 9.47 Å². The molecule has 3 unspecified atom stereocenters. The SMILES string of the molecule is CCCNC(C(C)CCOC)C(OC)c1ccccc1. The Morgan fingerprint density at radius 3 is 2.40 bits per heavy atom. The maximum absolute atomic E-state index is 5.79. The van der Waals surface area contributed by atoms with Gasteiger partial charge in [0.2, 0.25) is 0 Å². The largest absolute Gasteiger partial charge is 0.385 e. The minimum atomic E-state index is 0.0783. The van der Waals surface area contributed by atoms with Gasteiger partial charge in [0.1, 0.15) is 0 Å². The molecule has 114 valence electrons. The fourth-order valence-corrected chi connectivity index (χ4v) is 2.53. The van der Waals surface area contributed by atoms with Crippen molar-refractivity contribution in [2.45, 2.75) is 38.8 Å². The smallest absolute Gasteiger partial charge is 0.0976 e. The van der Waals surface area contributed by atoms with Crippen LogP contribution < -0.4 is 5.32 Å². The van der Waals surface area contributed by atoms with E-state index in [1.807, 2.05) is 6.07 Å². The van der Waals surface area contributed by atoms with Gasteiger partial charge in [-0.2, -0.15) is 0 Å². The number of ether oxygens (including phenoxy) is 2. The topological polar surface area (TPSA) is 30.5 Å². The third kappa shape index (κ3) is 5.23.